The smallest absolute Gasteiger partial charge is 0.151 e. The van der Waals surface area contributed by atoms with Crippen LogP contribution in [0.3, 0.4) is 0 Å². The zero-order chi connectivity index (χ0) is 10.3. The van der Waals surface area contributed by atoms with E-state index in [1.807, 2.05) is 24.3 Å². The van der Waals surface area contributed by atoms with E-state index >= 15 is 0 Å². The molecule has 3 nitrogen and oxygen atoms in total. The van der Waals surface area contributed by atoms with Gasteiger partial charge in [0.2, 0.25) is 0 Å². The van der Waals surface area contributed by atoms with E-state index < -0.39 is 0 Å². The van der Waals surface area contributed by atoms with Crippen LogP contribution in [0.15, 0.2) is 24.3 Å². The zero-order valence-corrected chi connectivity index (χ0v) is 8.80. The van der Waals surface area contributed by atoms with Gasteiger partial charge in [0.25, 0.3) is 0 Å². The molecule has 0 atom stereocenters. The van der Waals surface area contributed by atoms with Crippen LogP contribution in [0.2, 0.25) is 5.02 Å². The maximum atomic E-state index is 5.96. The first-order valence-electron chi connectivity index (χ1n) is 4.91. The Morgan fingerprint density at radius 1 is 1.33 bits per heavy atom. The van der Waals surface area contributed by atoms with Gasteiger partial charge in [0.05, 0.1) is 5.69 Å². The van der Waals surface area contributed by atoms with Gasteiger partial charge >= 0.3 is 0 Å². The number of nitrogens with one attached hydrogen (secondary N) is 2. The van der Waals surface area contributed by atoms with Gasteiger partial charge in [0.15, 0.2) is 5.82 Å². The fraction of sp³-hybridized carbons (Fsp3) is 0.182. The topological polar surface area (TPSA) is 40.7 Å². The summed E-state index contributed by atoms with van der Waals surface area (Å²) >= 11 is 5.96. The maximum absolute atomic E-state index is 5.96. The highest BCUT2D eigenvalue weighted by Crippen LogP contribution is 2.31. The molecule has 0 amide bonds. The molecule has 0 aliphatic carbocycles. The second-order valence-electron chi connectivity index (χ2n) is 3.61. The van der Waals surface area contributed by atoms with E-state index in [0.29, 0.717) is 0 Å². The van der Waals surface area contributed by atoms with E-state index in [9.17, 15) is 0 Å². The van der Waals surface area contributed by atoms with Crippen molar-refractivity contribution < 1.29 is 0 Å². The van der Waals surface area contributed by atoms with Crippen LogP contribution in [-0.4, -0.2) is 16.7 Å². The lowest BCUT2D eigenvalue weighted by Crippen LogP contribution is -1.94. The van der Waals surface area contributed by atoms with E-state index in [2.05, 4.69) is 15.5 Å². The van der Waals surface area contributed by atoms with Crippen molar-refractivity contribution in [1.82, 2.24) is 10.2 Å². The molecule has 4 heteroatoms. The number of anilines is 1. The summed E-state index contributed by atoms with van der Waals surface area (Å²) in [6, 6.07) is 7.82. The quantitative estimate of drug-likeness (QED) is 0.774. The van der Waals surface area contributed by atoms with E-state index in [0.717, 1.165) is 35.1 Å². The average molecular weight is 220 g/mol. The molecule has 1 aromatic carbocycles. The highest BCUT2D eigenvalue weighted by Gasteiger charge is 2.18. The minimum Gasteiger partial charge on any atom is -0.368 e. The Labute approximate surface area is 92.5 Å². The molecular weight excluding hydrogens is 210 g/mol. The Morgan fingerprint density at radius 2 is 2.27 bits per heavy atom. The van der Waals surface area contributed by atoms with Crippen molar-refractivity contribution in [3.8, 4) is 11.3 Å². The molecule has 0 saturated carbocycles. The number of hydrogen-bond donors (Lipinski definition) is 2. The predicted molar refractivity (Wildman–Crippen MR) is 61.2 cm³/mol. The van der Waals surface area contributed by atoms with Crippen molar-refractivity contribution in [1.29, 1.82) is 0 Å². The monoisotopic (exact) mass is 219 g/mol. The van der Waals surface area contributed by atoms with Gasteiger partial charge in [-0.05, 0) is 18.6 Å². The van der Waals surface area contributed by atoms with Crippen LogP contribution in [0.5, 0.6) is 0 Å². The highest BCUT2D eigenvalue weighted by molar-refractivity contribution is 6.30. The zero-order valence-electron chi connectivity index (χ0n) is 8.05. The number of nitrogens with zero attached hydrogens (tertiary/aromatic N) is 1. The van der Waals surface area contributed by atoms with E-state index in [4.69, 9.17) is 11.6 Å². The van der Waals surface area contributed by atoms with E-state index in [1.54, 1.807) is 0 Å². The van der Waals surface area contributed by atoms with E-state index in [1.165, 1.54) is 5.56 Å². The summed E-state index contributed by atoms with van der Waals surface area (Å²) in [6.45, 7) is 0.972. The number of rotatable bonds is 1. The summed E-state index contributed by atoms with van der Waals surface area (Å²) < 4.78 is 0. The summed E-state index contributed by atoms with van der Waals surface area (Å²) in [6.07, 6.45) is 1.02. The van der Waals surface area contributed by atoms with Gasteiger partial charge in [0, 0.05) is 22.7 Å². The summed E-state index contributed by atoms with van der Waals surface area (Å²) in [5, 5.41) is 11.3. The second kappa shape index (κ2) is 3.28. The largest absolute Gasteiger partial charge is 0.368 e. The normalized spacial score (nSPS) is 13.7. The van der Waals surface area contributed by atoms with Gasteiger partial charge < -0.3 is 5.32 Å². The van der Waals surface area contributed by atoms with Crippen LogP contribution < -0.4 is 5.32 Å². The molecule has 1 aliphatic heterocycles. The number of fused-ring (bicyclic) bond motifs is 1. The number of hydrogen-bond acceptors (Lipinski definition) is 2. The van der Waals surface area contributed by atoms with Crippen LogP contribution in [0.4, 0.5) is 5.82 Å². The summed E-state index contributed by atoms with van der Waals surface area (Å²) in [4.78, 5) is 0. The summed E-state index contributed by atoms with van der Waals surface area (Å²) in [7, 11) is 0. The van der Waals surface area contributed by atoms with Crippen LogP contribution >= 0.6 is 11.6 Å². The molecule has 2 N–H and O–H groups in total. The molecule has 1 aliphatic rings. The first kappa shape index (κ1) is 8.80. The third-order valence-electron chi connectivity index (χ3n) is 2.65. The molecule has 0 spiro atoms. The van der Waals surface area contributed by atoms with Gasteiger partial charge in [-0.15, -0.1) is 0 Å². The lowest BCUT2D eigenvalue weighted by atomic mass is 10.1. The average Bonchev–Trinajstić information content (AvgIpc) is 2.77. The number of halogens is 1. The Kier molecular flexibility index (Phi) is 1.92. The summed E-state index contributed by atoms with van der Waals surface area (Å²) in [5.74, 6) is 0.977. The van der Waals surface area contributed by atoms with Crippen molar-refractivity contribution in [3.05, 3.63) is 34.9 Å². The molecule has 3 rings (SSSR count). The third-order valence-corrected chi connectivity index (χ3v) is 2.88. The molecule has 76 valence electrons. The third kappa shape index (κ3) is 1.39. The van der Waals surface area contributed by atoms with Crippen LogP contribution in [-0.2, 0) is 6.42 Å². The number of aromatic amines is 1. The van der Waals surface area contributed by atoms with Crippen LogP contribution in [0, 0.1) is 0 Å². The van der Waals surface area contributed by atoms with Crippen molar-refractivity contribution >= 4 is 17.4 Å². The molecule has 0 bridgehead atoms. The fourth-order valence-corrected chi connectivity index (χ4v) is 2.13. The minimum absolute atomic E-state index is 0.752. The highest BCUT2D eigenvalue weighted by atomic mass is 35.5. The predicted octanol–water partition coefficient (Wildman–Crippen LogP) is 2.70. The molecule has 15 heavy (non-hydrogen) atoms. The molecular formula is C11H10ClN3. The summed E-state index contributed by atoms with van der Waals surface area (Å²) in [5.41, 5.74) is 3.44. The van der Waals surface area contributed by atoms with E-state index in [-0.39, 0.29) is 0 Å². The van der Waals surface area contributed by atoms with Crippen LogP contribution in [0.1, 0.15) is 5.56 Å². The molecule has 1 aromatic heterocycles. The molecule has 2 heterocycles. The van der Waals surface area contributed by atoms with Crippen molar-refractivity contribution in [2.75, 3.05) is 11.9 Å². The molecule has 0 unspecified atom stereocenters. The Hall–Kier alpha value is -1.48. The van der Waals surface area contributed by atoms with Gasteiger partial charge in [-0.3, -0.25) is 5.10 Å². The Bertz CT molecular complexity index is 504. The fourth-order valence-electron chi connectivity index (χ4n) is 1.94. The van der Waals surface area contributed by atoms with Crippen molar-refractivity contribution in [3.63, 3.8) is 0 Å². The Balaban J connectivity index is 2.13. The number of H-pyrrole nitrogens is 1. The first-order chi connectivity index (χ1) is 7.34. The van der Waals surface area contributed by atoms with Gasteiger partial charge in [-0.1, -0.05) is 23.7 Å². The standard InChI is InChI=1S/C11H10ClN3/c12-8-3-1-2-7(6-8)10-9-4-5-13-11(9)15-14-10/h1-3,6H,4-5H2,(H2,13,14,15). The molecule has 0 radical (unpaired) electrons. The lowest BCUT2D eigenvalue weighted by molar-refractivity contribution is 1.04. The van der Waals surface area contributed by atoms with Crippen molar-refractivity contribution in [2.45, 2.75) is 6.42 Å². The van der Waals surface area contributed by atoms with Crippen LogP contribution in [0.25, 0.3) is 11.3 Å². The molecule has 2 aromatic rings. The molecule has 0 saturated heterocycles. The van der Waals surface area contributed by atoms with Gasteiger partial charge in [0.1, 0.15) is 0 Å². The van der Waals surface area contributed by atoms with Gasteiger partial charge in [-0.2, -0.15) is 5.10 Å². The minimum atomic E-state index is 0.752. The number of benzene rings is 1. The maximum Gasteiger partial charge on any atom is 0.151 e. The first-order valence-corrected chi connectivity index (χ1v) is 5.29. The SMILES string of the molecule is Clc1cccc(-c2[nH]nc3c2CCN3)c1. The van der Waals surface area contributed by atoms with Crippen molar-refractivity contribution in [2.24, 2.45) is 0 Å². The lowest BCUT2D eigenvalue weighted by Gasteiger charge is -2.00. The van der Waals surface area contributed by atoms with Gasteiger partial charge in [-0.25, -0.2) is 0 Å². The molecule has 0 fully saturated rings. The second-order valence-corrected chi connectivity index (χ2v) is 4.05. The Morgan fingerprint density at radius 3 is 3.13 bits per heavy atom. The number of aromatic nitrogens is 2.